The largest absolute Gasteiger partial charge is 0.495 e. The smallest absolute Gasteiger partial charge is 0.338 e. The predicted octanol–water partition coefficient (Wildman–Crippen LogP) is 2.52. The first kappa shape index (κ1) is 21.0. The average molecular weight is 417 g/mol. The number of sulfonamides is 1. The van der Waals surface area contributed by atoms with Gasteiger partial charge < -0.3 is 9.47 Å². The number of benzene rings is 2. The molecular formula is C21H23NO6S. The molecule has 8 heteroatoms. The van der Waals surface area contributed by atoms with Crippen LogP contribution in [-0.2, 0) is 27.6 Å². The highest BCUT2D eigenvalue weighted by Gasteiger charge is 2.21. The van der Waals surface area contributed by atoms with Crippen LogP contribution in [0.1, 0.15) is 44.7 Å². The molecule has 0 saturated heterocycles. The van der Waals surface area contributed by atoms with E-state index in [1.807, 2.05) is 12.1 Å². The molecule has 2 aromatic carbocycles. The van der Waals surface area contributed by atoms with E-state index >= 15 is 0 Å². The van der Waals surface area contributed by atoms with E-state index in [0.29, 0.717) is 5.56 Å². The molecule has 0 amide bonds. The molecule has 0 fully saturated rings. The molecule has 0 aromatic heterocycles. The summed E-state index contributed by atoms with van der Waals surface area (Å²) in [6.07, 6.45) is 4.24. The number of hydrogen-bond donors (Lipinski definition) is 1. The van der Waals surface area contributed by atoms with Gasteiger partial charge in [-0.25, -0.2) is 17.9 Å². The zero-order valence-electron chi connectivity index (χ0n) is 16.4. The Morgan fingerprint density at radius 1 is 1.00 bits per heavy atom. The zero-order chi connectivity index (χ0) is 21.0. The Morgan fingerprint density at radius 2 is 1.69 bits per heavy atom. The van der Waals surface area contributed by atoms with E-state index in [9.17, 15) is 18.0 Å². The van der Waals surface area contributed by atoms with Crippen LogP contribution in [0.2, 0.25) is 0 Å². The van der Waals surface area contributed by atoms with Crippen LogP contribution in [0, 0.1) is 0 Å². The van der Waals surface area contributed by atoms with Crippen molar-refractivity contribution in [1.29, 1.82) is 0 Å². The van der Waals surface area contributed by atoms with Crippen molar-refractivity contribution in [2.45, 2.75) is 30.6 Å². The minimum atomic E-state index is -3.83. The summed E-state index contributed by atoms with van der Waals surface area (Å²) in [5.74, 6) is -0.990. The number of carbonyl (C=O) groups is 2. The number of Topliss-reactive ketones (excluding diaryl/α,β-unsaturated/α-hetero) is 1. The highest BCUT2D eigenvalue weighted by molar-refractivity contribution is 7.89. The molecule has 0 radical (unpaired) electrons. The molecule has 154 valence electrons. The number of methoxy groups -OCH3 is 1. The summed E-state index contributed by atoms with van der Waals surface area (Å²) in [5.41, 5.74) is 2.95. The fourth-order valence-electron chi connectivity index (χ4n) is 3.33. The van der Waals surface area contributed by atoms with E-state index in [0.717, 1.165) is 31.7 Å². The Labute approximate surface area is 170 Å². The first-order chi connectivity index (χ1) is 13.9. The molecule has 2 aromatic rings. The molecular weight excluding hydrogens is 394 g/mol. The summed E-state index contributed by atoms with van der Waals surface area (Å²) in [5, 5.41) is 0. The maximum absolute atomic E-state index is 12.4. The van der Waals surface area contributed by atoms with Crippen molar-refractivity contribution < 1.29 is 27.5 Å². The Bertz CT molecular complexity index is 1050. The monoisotopic (exact) mass is 417 g/mol. The van der Waals surface area contributed by atoms with Gasteiger partial charge >= 0.3 is 5.97 Å². The maximum Gasteiger partial charge on any atom is 0.338 e. The first-order valence-electron chi connectivity index (χ1n) is 9.29. The normalized spacial score (nSPS) is 13.4. The number of fused-ring (bicyclic) bond motifs is 1. The van der Waals surface area contributed by atoms with Gasteiger partial charge in [0.25, 0.3) is 0 Å². The summed E-state index contributed by atoms with van der Waals surface area (Å²) in [4.78, 5) is 24.6. The second-order valence-electron chi connectivity index (χ2n) is 6.76. The molecule has 0 saturated carbocycles. The van der Waals surface area contributed by atoms with Gasteiger partial charge in [-0.3, -0.25) is 4.79 Å². The first-order valence-corrected chi connectivity index (χ1v) is 10.8. The van der Waals surface area contributed by atoms with Crippen LogP contribution < -0.4 is 9.46 Å². The lowest BCUT2D eigenvalue weighted by atomic mass is 9.90. The predicted molar refractivity (Wildman–Crippen MR) is 107 cm³/mol. The van der Waals surface area contributed by atoms with E-state index in [4.69, 9.17) is 9.47 Å². The standard InChI is InChI=1S/C21H23NO6S/c1-22-29(25,26)20-12-17(9-10-19(20)27-2)21(24)28-13-18(23)16-8-7-14-5-3-4-6-15(14)11-16/h7-12,22H,3-6,13H2,1-2H3. The van der Waals surface area contributed by atoms with Crippen LogP contribution in [0.25, 0.3) is 0 Å². The van der Waals surface area contributed by atoms with Crippen molar-refractivity contribution in [3.63, 3.8) is 0 Å². The fourth-order valence-corrected chi connectivity index (χ4v) is 4.25. The van der Waals surface area contributed by atoms with E-state index in [2.05, 4.69) is 4.72 Å². The summed E-state index contributed by atoms with van der Waals surface area (Å²) >= 11 is 0. The average Bonchev–Trinajstić information content (AvgIpc) is 2.76. The van der Waals surface area contributed by atoms with Gasteiger partial charge in [-0.15, -0.1) is 0 Å². The second-order valence-corrected chi connectivity index (χ2v) is 8.62. The molecule has 0 aliphatic heterocycles. The van der Waals surface area contributed by atoms with Gasteiger partial charge in [-0.05, 0) is 68.1 Å². The highest BCUT2D eigenvalue weighted by atomic mass is 32.2. The molecule has 0 heterocycles. The summed E-state index contributed by atoms with van der Waals surface area (Å²) in [6, 6.07) is 9.50. The van der Waals surface area contributed by atoms with Crippen molar-refractivity contribution >= 4 is 21.8 Å². The number of rotatable bonds is 7. The lowest BCUT2D eigenvalue weighted by Gasteiger charge is -2.16. The van der Waals surface area contributed by atoms with Gasteiger partial charge in [-0.2, -0.15) is 0 Å². The Hall–Kier alpha value is -2.71. The summed E-state index contributed by atoms with van der Waals surface area (Å²) in [7, 11) is -1.24. The Morgan fingerprint density at radius 3 is 2.38 bits per heavy atom. The molecule has 1 aliphatic carbocycles. The van der Waals surface area contributed by atoms with E-state index in [1.54, 1.807) is 6.07 Å². The SMILES string of the molecule is CNS(=O)(=O)c1cc(C(=O)OCC(=O)c2ccc3c(c2)CCCC3)ccc1OC. The molecule has 1 aliphatic rings. The third-order valence-electron chi connectivity index (χ3n) is 4.96. The molecule has 0 spiro atoms. The van der Waals surface area contributed by atoms with Crippen molar-refractivity contribution in [3.05, 3.63) is 58.7 Å². The van der Waals surface area contributed by atoms with Crippen LogP contribution in [0.15, 0.2) is 41.3 Å². The van der Waals surface area contributed by atoms with Crippen LogP contribution in [0.4, 0.5) is 0 Å². The summed E-state index contributed by atoms with van der Waals surface area (Å²) in [6.45, 7) is -0.419. The third kappa shape index (κ3) is 4.65. The fraction of sp³-hybridized carbons (Fsp3) is 0.333. The summed E-state index contributed by atoms with van der Waals surface area (Å²) < 4.78 is 36.6. The van der Waals surface area contributed by atoms with Crippen LogP contribution >= 0.6 is 0 Å². The lowest BCUT2D eigenvalue weighted by Crippen LogP contribution is -2.20. The molecule has 3 rings (SSSR count). The minimum Gasteiger partial charge on any atom is -0.495 e. The van der Waals surface area contributed by atoms with Crippen molar-refractivity contribution in [2.24, 2.45) is 0 Å². The zero-order valence-corrected chi connectivity index (χ0v) is 17.2. The number of hydrogen-bond acceptors (Lipinski definition) is 6. The van der Waals surface area contributed by atoms with Crippen molar-refractivity contribution in [2.75, 3.05) is 20.8 Å². The van der Waals surface area contributed by atoms with Gasteiger partial charge in [0, 0.05) is 5.56 Å². The van der Waals surface area contributed by atoms with Gasteiger partial charge in [0.1, 0.15) is 10.6 Å². The quantitative estimate of drug-likeness (QED) is 0.549. The third-order valence-corrected chi connectivity index (χ3v) is 6.40. The number of carbonyl (C=O) groups excluding carboxylic acids is 2. The van der Waals surface area contributed by atoms with Crippen molar-refractivity contribution in [1.82, 2.24) is 4.72 Å². The van der Waals surface area contributed by atoms with Gasteiger partial charge in [-0.1, -0.05) is 12.1 Å². The highest BCUT2D eigenvalue weighted by Crippen LogP contribution is 2.25. The van der Waals surface area contributed by atoms with Crippen LogP contribution in [0.5, 0.6) is 5.75 Å². The molecule has 7 nitrogen and oxygen atoms in total. The van der Waals surface area contributed by atoms with Gasteiger partial charge in [0.15, 0.2) is 12.4 Å². The van der Waals surface area contributed by atoms with E-state index < -0.39 is 22.6 Å². The Balaban J connectivity index is 1.72. The Kier molecular flexibility index (Phi) is 6.34. The van der Waals surface area contributed by atoms with Gasteiger partial charge in [0.2, 0.25) is 10.0 Å². The maximum atomic E-state index is 12.4. The van der Waals surface area contributed by atoms with Crippen LogP contribution in [0.3, 0.4) is 0 Å². The number of nitrogens with one attached hydrogen (secondary N) is 1. The topological polar surface area (TPSA) is 98.8 Å². The van der Waals surface area contributed by atoms with Gasteiger partial charge in [0.05, 0.1) is 12.7 Å². The number of esters is 1. The van der Waals surface area contributed by atoms with Crippen LogP contribution in [-0.4, -0.2) is 40.9 Å². The van der Waals surface area contributed by atoms with E-state index in [-0.39, 0.29) is 22.0 Å². The van der Waals surface area contributed by atoms with E-state index in [1.165, 1.54) is 37.4 Å². The lowest BCUT2D eigenvalue weighted by molar-refractivity contribution is 0.0474. The number of ketones is 1. The molecule has 29 heavy (non-hydrogen) atoms. The number of aryl methyl sites for hydroxylation is 2. The molecule has 0 atom stereocenters. The molecule has 1 N–H and O–H groups in total. The minimum absolute atomic E-state index is 0.0119. The number of ether oxygens (including phenoxy) is 2. The molecule has 0 bridgehead atoms. The second kappa shape index (κ2) is 8.75. The molecule has 0 unspecified atom stereocenters. The van der Waals surface area contributed by atoms with Crippen molar-refractivity contribution in [3.8, 4) is 5.75 Å².